The molecule has 0 heterocycles. The van der Waals surface area contributed by atoms with Crippen molar-refractivity contribution >= 4 is 46.6 Å². The molecule has 0 aliphatic rings. The van der Waals surface area contributed by atoms with Crippen molar-refractivity contribution in [1.29, 1.82) is 0 Å². The Morgan fingerprint density at radius 2 is 1.77 bits per heavy atom. The Balaban J connectivity index is 1.67. The van der Waals surface area contributed by atoms with Gasteiger partial charge in [0.1, 0.15) is 0 Å². The predicted octanol–water partition coefficient (Wildman–Crippen LogP) is 3.91. The van der Waals surface area contributed by atoms with Crippen LogP contribution in [0.25, 0.3) is 0 Å². The molecule has 0 aliphatic carbocycles. The van der Waals surface area contributed by atoms with E-state index in [4.69, 9.17) is 16.3 Å². The Hall–Kier alpha value is -2.58. The summed E-state index contributed by atoms with van der Waals surface area (Å²) < 4.78 is 4.90. The molecule has 2 rings (SSSR count). The van der Waals surface area contributed by atoms with Crippen LogP contribution in [0.3, 0.4) is 0 Å². The topological polar surface area (TPSA) is 98.5 Å². The van der Waals surface area contributed by atoms with E-state index in [0.29, 0.717) is 16.5 Å². The number of carbonyl (C=O) groups excluding carboxylic acids is 2. The van der Waals surface area contributed by atoms with Crippen LogP contribution < -0.4 is 5.32 Å². The average Bonchev–Trinajstić information content (AvgIpc) is 2.62. The molecule has 0 unspecified atom stereocenters. The van der Waals surface area contributed by atoms with E-state index in [1.54, 1.807) is 12.1 Å². The van der Waals surface area contributed by atoms with Crippen LogP contribution in [-0.2, 0) is 14.3 Å². The second-order valence-electron chi connectivity index (χ2n) is 5.07. The fourth-order valence-corrected chi connectivity index (χ4v) is 2.82. The predicted molar refractivity (Wildman–Crippen MR) is 99.5 cm³/mol. The van der Waals surface area contributed by atoms with E-state index < -0.39 is 23.4 Å². The maximum absolute atomic E-state index is 11.7. The summed E-state index contributed by atoms with van der Waals surface area (Å²) in [6.45, 7) is -0.415. The Bertz CT molecular complexity index is 781. The molecule has 26 heavy (non-hydrogen) atoms. The zero-order valence-electron chi connectivity index (χ0n) is 13.5. The Morgan fingerprint density at radius 1 is 1.12 bits per heavy atom. The van der Waals surface area contributed by atoms with E-state index in [1.165, 1.54) is 36.0 Å². The van der Waals surface area contributed by atoms with Gasteiger partial charge in [-0.25, -0.2) is 0 Å². The Labute approximate surface area is 158 Å². The summed E-state index contributed by atoms with van der Waals surface area (Å²) in [6.07, 6.45) is 0.165. The maximum atomic E-state index is 11.7. The number of non-ortho nitro benzene ring substituents is 1. The van der Waals surface area contributed by atoms with Gasteiger partial charge >= 0.3 is 5.97 Å². The van der Waals surface area contributed by atoms with Crippen molar-refractivity contribution in [1.82, 2.24) is 0 Å². The number of thioether (sulfide) groups is 1. The molecular formula is C17H15ClN2O5S. The summed E-state index contributed by atoms with van der Waals surface area (Å²) in [7, 11) is 0. The van der Waals surface area contributed by atoms with Gasteiger partial charge in [-0.3, -0.25) is 19.7 Å². The number of halogens is 1. The first-order valence-electron chi connectivity index (χ1n) is 7.52. The van der Waals surface area contributed by atoms with Crippen molar-refractivity contribution in [2.75, 3.05) is 17.7 Å². The van der Waals surface area contributed by atoms with Gasteiger partial charge in [0.25, 0.3) is 11.6 Å². The van der Waals surface area contributed by atoms with E-state index in [-0.39, 0.29) is 12.1 Å². The van der Waals surface area contributed by atoms with E-state index in [0.717, 1.165) is 4.90 Å². The van der Waals surface area contributed by atoms with E-state index in [2.05, 4.69) is 5.32 Å². The molecule has 0 saturated carbocycles. The van der Waals surface area contributed by atoms with Gasteiger partial charge in [0.05, 0.1) is 11.3 Å². The van der Waals surface area contributed by atoms with Gasteiger partial charge in [0.2, 0.25) is 0 Å². The van der Waals surface area contributed by atoms with Gasteiger partial charge in [-0.2, -0.15) is 0 Å². The van der Waals surface area contributed by atoms with Crippen molar-refractivity contribution < 1.29 is 19.2 Å². The largest absolute Gasteiger partial charge is 0.456 e. The second-order valence-corrected chi connectivity index (χ2v) is 6.67. The molecule has 0 aromatic heterocycles. The minimum Gasteiger partial charge on any atom is -0.456 e. The zero-order chi connectivity index (χ0) is 18.9. The average molecular weight is 395 g/mol. The summed E-state index contributed by atoms with van der Waals surface area (Å²) in [5.74, 6) is -0.479. The van der Waals surface area contributed by atoms with Crippen molar-refractivity contribution in [2.45, 2.75) is 11.3 Å². The van der Waals surface area contributed by atoms with Crippen LogP contribution in [0.15, 0.2) is 53.4 Å². The normalized spacial score (nSPS) is 10.2. The number of benzene rings is 2. The highest BCUT2D eigenvalue weighted by Gasteiger charge is 2.09. The lowest BCUT2D eigenvalue weighted by atomic mass is 10.3. The molecule has 2 aromatic carbocycles. The highest BCUT2D eigenvalue weighted by Crippen LogP contribution is 2.21. The quantitative estimate of drug-likeness (QED) is 0.315. The summed E-state index contributed by atoms with van der Waals surface area (Å²) in [5, 5.41) is 13.7. The first-order valence-corrected chi connectivity index (χ1v) is 8.88. The number of nitro groups is 1. The van der Waals surface area contributed by atoms with Gasteiger partial charge in [-0.05, 0) is 36.4 Å². The zero-order valence-corrected chi connectivity index (χ0v) is 15.1. The number of nitrogens with zero attached hydrogens (tertiary/aromatic N) is 1. The second kappa shape index (κ2) is 9.79. The standard InChI is InChI=1S/C17H15ClN2O5S/c18-12-1-7-15(8-2-12)26-10-9-17(22)25-11-16(21)19-13-3-5-14(6-4-13)20(23)24/h1-8H,9-11H2,(H,19,21). The van der Waals surface area contributed by atoms with Crippen LogP contribution in [-0.4, -0.2) is 29.2 Å². The number of nitro benzene ring substituents is 1. The van der Waals surface area contributed by atoms with Crippen molar-refractivity contribution in [3.63, 3.8) is 0 Å². The van der Waals surface area contributed by atoms with Crippen LogP contribution in [0.4, 0.5) is 11.4 Å². The molecule has 0 atom stereocenters. The van der Waals surface area contributed by atoms with Gasteiger partial charge in [-0.15, -0.1) is 11.8 Å². The molecule has 0 spiro atoms. The maximum Gasteiger partial charge on any atom is 0.307 e. The third-order valence-corrected chi connectivity index (χ3v) is 4.38. The third kappa shape index (κ3) is 6.73. The Morgan fingerprint density at radius 3 is 2.38 bits per heavy atom. The van der Waals surface area contributed by atoms with Gasteiger partial charge in [-0.1, -0.05) is 11.6 Å². The number of rotatable bonds is 8. The van der Waals surface area contributed by atoms with Crippen LogP contribution in [0.2, 0.25) is 5.02 Å². The van der Waals surface area contributed by atoms with E-state index in [9.17, 15) is 19.7 Å². The van der Waals surface area contributed by atoms with Gasteiger partial charge < -0.3 is 10.1 Å². The number of hydrogen-bond donors (Lipinski definition) is 1. The lowest BCUT2D eigenvalue weighted by molar-refractivity contribution is -0.384. The number of esters is 1. The van der Waals surface area contributed by atoms with E-state index >= 15 is 0 Å². The van der Waals surface area contributed by atoms with E-state index in [1.807, 2.05) is 12.1 Å². The van der Waals surface area contributed by atoms with Crippen LogP contribution >= 0.6 is 23.4 Å². The number of amides is 1. The minimum absolute atomic E-state index is 0.0763. The van der Waals surface area contributed by atoms with Crippen LogP contribution in [0.5, 0.6) is 0 Å². The molecule has 0 fully saturated rings. The van der Waals surface area contributed by atoms with Crippen molar-refractivity contribution in [3.8, 4) is 0 Å². The molecule has 0 saturated heterocycles. The molecule has 7 nitrogen and oxygen atoms in total. The van der Waals surface area contributed by atoms with Gasteiger partial charge in [0, 0.05) is 33.5 Å². The number of nitrogens with one attached hydrogen (secondary N) is 1. The number of ether oxygens (including phenoxy) is 1. The molecule has 9 heteroatoms. The minimum atomic E-state index is -0.532. The summed E-state index contributed by atoms with van der Waals surface area (Å²) in [6, 6.07) is 12.6. The SMILES string of the molecule is O=C(COC(=O)CCSc1ccc(Cl)cc1)Nc1ccc([N+](=O)[O-])cc1. The summed E-state index contributed by atoms with van der Waals surface area (Å²) in [4.78, 5) is 34.4. The number of anilines is 1. The molecule has 0 aliphatic heterocycles. The number of hydrogen-bond acceptors (Lipinski definition) is 6. The lowest BCUT2D eigenvalue weighted by Crippen LogP contribution is -2.21. The van der Waals surface area contributed by atoms with Crippen molar-refractivity contribution in [2.24, 2.45) is 0 Å². The fourth-order valence-electron chi connectivity index (χ4n) is 1.86. The first kappa shape index (κ1) is 19.7. The lowest BCUT2D eigenvalue weighted by Gasteiger charge is -2.06. The molecular weight excluding hydrogens is 380 g/mol. The number of carbonyl (C=O) groups is 2. The summed E-state index contributed by atoms with van der Waals surface area (Å²) >= 11 is 7.28. The van der Waals surface area contributed by atoms with Crippen LogP contribution in [0, 0.1) is 10.1 Å². The molecule has 2 aromatic rings. The summed E-state index contributed by atoms with van der Waals surface area (Å²) in [5.41, 5.74) is 0.308. The fraction of sp³-hybridized carbons (Fsp3) is 0.176. The van der Waals surface area contributed by atoms with Crippen LogP contribution in [0.1, 0.15) is 6.42 Å². The monoisotopic (exact) mass is 394 g/mol. The van der Waals surface area contributed by atoms with Crippen molar-refractivity contribution in [3.05, 3.63) is 63.7 Å². The highest BCUT2D eigenvalue weighted by atomic mass is 35.5. The Kier molecular flexibility index (Phi) is 7.43. The smallest absolute Gasteiger partial charge is 0.307 e. The first-order chi connectivity index (χ1) is 12.4. The molecule has 136 valence electrons. The molecule has 1 N–H and O–H groups in total. The molecule has 0 bridgehead atoms. The highest BCUT2D eigenvalue weighted by molar-refractivity contribution is 7.99. The third-order valence-electron chi connectivity index (χ3n) is 3.11. The molecule has 0 radical (unpaired) electrons. The van der Waals surface area contributed by atoms with Gasteiger partial charge in [0.15, 0.2) is 6.61 Å². The molecule has 1 amide bonds.